The Balaban J connectivity index is 1.67. The number of benzene rings is 1. The summed E-state index contributed by atoms with van der Waals surface area (Å²) in [5.74, 6) is 0.482. The maximum Gasteiger partial charge on any atom is 0.349 e. The third-order valence-electron chi connectivity index (χ3n) is 4.79. The molecule has 132 valence electrons. The fourth-order valence-electron chi connectivity index (χ4n) is 3.42. The molecule has 0 spiro atoms. The van der Waals surface area contributed by atoms with E-state index in [0.29, 0.717) is 12.2 Å². The number of aryl methyl sites for hydroxylation is 3. The van der Waals surface area contributed by atoms with E-state index in [0.717, 1.165) is 50.8 Å². The molecule has 1 aliphatic heterocycles. The molecular weight excluding hydrogens is 314 g/mol. The van der Waals surface area contributed by atoms with Gasteiger partial charge in [0.25, 0.3) is 5.91 Å². The van der Waals surface area contributed by atoms with E-state index < -0.39 is 5.63 Å². The third-order valence-corrected chi connectivity index (χ3v) is 4.79. The number of nitrogens with zero attached hydrogens (tertiary/aromatic N) is 1. The van der Waals surface area contributed by atoms with Gasteiger partial charge in [-0.2, -0.15) is 0 Å². The van der Waals surface area contributed by atoms with E-state index in [2.05, 4.69) is 12.1 Å². The molecule has 0 bridgehead atoms. The van der Waals surface area contributed by atoms with Crippen molar-refractivity contribution in [1.29, 1.82) is 0 Å². The molecule has 0 saturated carbocycles. The van der Waals surface area contributed by atoms with Gasteiger partial charge in [0.1, 0.15) is 11.3 Å². The van der Waals surface area contributed by atoms with Gasteiger partial charge in [0, 0.05) is 19.5 Å². The molecule has 3 rings (SSSR count). The molecule has 1 aromatic carbocycles. The lowest BCUT2D eigenvalue weighted by Crippen LogP contribution is -2.38. The highest BCUT2D eigenvalue weighted by molar-refractivity contribution is 5.95. The summed E-state index contributed by atoms with van der Waals surface area (Å²) in [7, 11) is 0. The van der Waals surface area contributed by atoms with Gasteiger partial charge in [0.05, 0.1) is 0 Å². The molecule has 2 aromatic rings. The normalized spacial score (nSPS) is 14.5. The summed E-state index contributed by atoms with van der Waals surface area (Å²) >= 11 is 0. The van der Waals surface area contributed by atoms with Crippen LogP contribution in [0.2, 0.25) is 0 Å². The second-order valence-electron chi connectivity index (χ2n) is 6.75. The van der Waals surface area contributed by atoms with Crippen molar-refractivity contribution >= 4 is 5.91 Å². The molecule has 1 aliphatic rings. The van der Waals surface area contributed by atoms with Crippen molar-refractivity contribution in [3.05, 3.63) is 69.3 Å². The summed E-state index contributed by atoms with van der Waals surface area (Å²) in [4.78, 5) is 26.8. The maximum atomic E-state index is 12.6. The number of likely N-dealkylation sites (tertiary alicyclic amines) is 1. The highest BCUT2D eigenvalue weighted by Gasteiger charge is 2.23. The van der Waals surface area contributed by atoms with Gasteiger partial charge in [-0.3, -0.25) is 4.79 Å². The first kappa shape index (κ1) is 17.5. The molecule has 4 nitrogen and oxygen atoms in total. The fraction of sp³-hybridized carbons (Fsp3) is 0.429. The van der Waals surface area contributed by atoms with Gasteiger partial charge in [-0.1, -0.05) is 30.3 Å². The zero-order valence-electron chi connectivity index (χ0n) is 14.8. The molecule has 4 heteroatoms. The predicted molar refractivity (Wildman–Crippen MR) is 97.9 cm³/mol. The van der Waals surface area contributed by atoms with Crippen LogP contribution >= 0.6 is 0 Å². The SMILES string of the molecule is Cc1cc(CCCc2ccccc2)oc(=O)c1C(=O)N1CCCCC1. The second kappa shape index (κ2) is 8.15. The summed E-state index contributed by atoms with van der Waals surface area (Å²) in [6.07, 6.45) is 5.71. The van der Waals surface area contributed by atoms with Crippen molar-refractivity contribution in [2.24, 2.45) is 0 Å². The van der Waals surface area contributed by atoms with Crippen molar-refractivity contribution in [3.63, 3.8) is 0 Å². The maximum absolute atomic E-state index is 12.6. The van der Waals surface area contributed by atoms with Gasteiger partial charge in [0.15, 0.2) is 0 Å². The Morgan fingerprint density at radius 2 is 1.80 bits per heavy atom. The largest absolute Gasteiger partial charge is 0.427 e. The average molecular weight is 339 g/mol. The van der Waals surface area contributed by atoms with E-state index in [-0.39, 0.29) is 11.5 Å². The average Bonchev–Trinajstić information content (AvgIpc) is 2.63. The minimum absolute atomic E-state index is 0.179. The van der Waals surface area contributed by atoms with Gasteiger partial charge < -0.3 is 9.32 Å². The van der Waals surface area contributed by atoms with E-state index in [1.165, 1.54) is 5.56 Å². The summed E-state index contributed by atoms with van der Waals surface area (Å²) < 4.78 is 5.44. The Kier molecular flexibility index (Phi) is 5.69. The van der Waals surface area contributed by atoms with Crippen molar-refractivity contribution < 1.29 is 9.21 Å². The number of hydrogen-bond acceptors (Lipinski definition) is 3. The minimum Gasteiger partial charge on any atom is -0.427 e. The molecule has 2 heterocycles. The molecule has 0 N–H and O–H groups in total. The van der Waals surface area contributed by atoms with Crippen LogP contribution in [0.5, 0.6) is 0 Å². The molecule has 1 aromatic heterocycles. The Hall–Kier alpha value is -2.36. The quantitative estimate of drug-likeness (QED) is 0.833. The highest BCUT2D eigenvalue weighted by Crippen LogP contribution is 2.16. The summed E-state index contributed by atoms with van der Waals surface area (Å²) in [6.45, 7) is 3.29. The third kappa shape index (κ3) is 4.38. The van der Waals surface area contributed by atoms with Gasteiger partial charge >= 0.3 is 5.63 Å². The summed E-state index contributed by atoms with van der Waals surface area (Å²) in [6, 6.07) is 12.1. The van der Waals surface area contributed by atoms with Crippen LogP contribution in [0.15, 0.2) is 45.6 Å². The number of carbonyl (C=O) groups is 1. The van der Waals surface area contributed by atoms with Crippen LogP contribution in [0.4, 0.5) is 0 Å². The Bertz CT molecular complexity index is 773. The summed E-state index contributed by atoms with van der Waals surface area (Å²) in [5.41, 5.74) is 1.71. The van der Waals surface area contributed by atoms with E-state index in [1.54, 1.807) is 4.90 Å². The van der Waals surface area contributed by atoms with Crippen LogP contribution in [0.25, 0.3) is 0 Å². The summed E-state index contributed by atoms with van der Waals surface area (Å²) in [5, 5.41) is 0. The smallest absolute Gasteiger partial charge is 0.349 e. The first-order valence-electron chi connectivity index (χ1n) is 9.12. The van der Waals surface area contributed by atoms with Crippen molar-refractivity contribution in [2.75, 3.05) is 13.1 Å². The highest BCUT2D eigenvalue weighted by atomic mass is 16.4. The Morgan fingerprint density at radius 1 is 1.08 bits per heavy atom. The van der Waals surface area contributed by atoms with E-state index >= 15 is 0 Å². The van der Waals surface area contributed by atoms with Gasteiger partial charge in [-0.25, -0.2) is 4.79 Å². The zero-order chi connectivity index (χ0) is 17.6. The number of piperidine rings is 1. The van der Waals surface area contributed by atoms with Crippen LogP contribution in [-0.4, -0.2) is 23.9 Å². The molecule has 0 radical (unpaired) electrons. The lowest BCUT2D eigenvalue weighted by molar-refractivity contribution is 0.0718. The number of carbonyl (C=O) groups excluding carboxylic acids is 1. The first-order chi connectivity index (χ1) is 12.1. The number of amides is 1. The van der Waals surface area contributed by atoms with Gasteiger partial charge in [-0.05, 0) is 56.2 Å². The lowest BCUT2D eigenvalue weighted by Gasteiger charge is -2.26. The fourth-order valence-corrected chi connectivity index (χ4v) is 3.42. The molecule has 1 fully saturated rings. The molecule has 0 unspecified atom stereocenters. The molecule has 0 atom stereocenters. The second-order valence-corrected chi connectivity index (χ2v) is 6.75. The zero-order valence-corrected chi connectivity index (χ0v) is 14.8. The van der Waals surface area contributed by atoms with Crippen LogP contribution in [0, 0.1) is 6.92 Å². The van der Waals surface area contributed by atoms with Crippen molar-refractivity contribution in [1.82, 2.24) is 4.90 Å². The van der Waals surface area contributed by atoms with Crippen molar-refractivity contribution in [3.8, 4) is 0 Å². The molecule has 1 amide bonds. The van der Waals surface area contributed by atoms with E-state index in [9.17, 15) is 9.59 Å². The van der Waals surface area contributed by atoms with Crippen LogP contribution in [0.3, 0.4) is 0 Å². The lowest BCUT2D eigenvalue weighted by atomic mass is 10.0. The van der Waals surface area contributed by atoms with Gasteiger partial charge in [0.2, 0.25) is 0 Å². The van der Waals surface area contributed by atoms with E-state index in [4.69, 9.17) is 4.42 Å². The molecule has 1 saturated heterocycles. The number of rotatable bonds is 5. The van der Waals surface area contributed by atoms with E-state index in [1.807, 2.05) is 31.2 Å². The van der Waals surface area contributed by atoms with Crippen LogP contribution in [0.1, 0.15) is 52.9 Å². The monoisotopic (exact) mass is 339 g/mol. The first-order valence-corrected chi connectivity index (χ1v) is 9.12. The predicted octanol–water partition coefficient (Wildman–Crippen LogP) is 3.75. The molecule has 25 heavy (non-hydrogen) atoms. The minimum atomic E-state index is -0.495. The standard InChI is InChI=1S/C21H25NO3/c1-16-15-18(12-8-11-17-9-4-2-5-10-17)25-21(24)19(16)20(23)22-13-6-3-7-14-22/h2,4-5,9-10,15H,3,6-8,11-14H2,1H3. The van der Waals surface area contributed by atoms with Crippen molar-refractivity contribution in [2.45, 2.75) is 45.4 Å². The Morgan fingerprint density at radius 3 is 2.48 bits per heavy atom. The van der Waals surface area contributed by atoms with Gasteiger partial charge in [-0.15, -0.1) is 0 Å². The topological polar surface area (TPSA) is 50.5 Å². The number of hydrogen-bond donors (Lipinski definition) is 0. The Labute approximate surface area is 148 Å². The molecule has 0 aliphatic carbocycles. The van der Waals surface area contributed by atoms with Crippen LogP contribution < -0.4 is 5.63 Å². The molecular formula is C21H25NO3. The van der Waals surface area contributed by atoms with Crippen LogP contribution in [-0.2, 0) is 12.8 Å².